The lowest BCUT2D eigenvalue weighted by Crippen LogP contribution is -2.46. The summed E-state index contributed by atoms with van der Waals surface area (Å²) in [6.45, 7) is 8.29. The lowest BCUT2D eigenvalue weighted by atomic mass is 9.67. The van der Waals surface area contributed by atoms with Crippen LogP contribution in [0.4, 0.5) is 0 Å². The first-order valence-corrected chi connectivity index (χ1v) is 10.7. The first-order valence-electron chi connectivity index (χ1n) is 10.7. The van der Waals surface area contributed by atoms with Gasteiger partial charge in [0.25, 0.3) is 0 Å². The van der Waals surface area contributed by atoms with Crippen molar-refractivity contribution in [3.8, 4) is 0 Å². The van der Waals surface area contributed by atoms with Gasteiger partial charge < -0.3 is 19.9 Å². The van der Waals surface area contributed by atoms with Crippen LogP contribution in [-0.4, -0.2) is 42.3 Å². The maximum Gasteiger partial charge on any atom is 0.191 e. The van der Waals surface area contributed by atoms with Gasteiger partial charge in [0.05, 0.1) is 6.54 Å². The zero-order valence-corrected chi connectivity index (χ0v) is 18.1. The first kappa shape index (κ1) is 21.4. The minimum atomic E-state index is 0.370. The molecule has 0 unspecified atom stereocenters. The lowest BCUT2D eigenvalue weighted by Gasteiger charge is -2.42. The molecule has 0 atom stereocenters. The summed E-state index contributed by atoms with van der Waals surface area (Å²) >= 11 is 0. The Morgan fingerprint density at radius 1 is 1.28 bits per heavy atom. The second-order valence-corrected chi connectivity index (χ2v) is 8.07. The number of rotatable bonds is 10. The Bertz CT molecular complexity index is 794. The number of hydrogen-bond donors (Lipinski definition) is 2. The van der Waals surface area contributed by atoms with Crippen LogP contribution < -0.4 is 10.6 Å². The molecule has 0 saturated heterocycles. The maximum absolute atomic E-state index is 5.31. The number of aryl methyl sites for hydroxylation is 1. The normalized spacial score (nSPS) is 15.8. The smallest absolute Gasteiger partial charge is 0.191 e. The second kappa shape index (κ2) is 10.4. The van der Waals surface area contributed by atoms with Crippen LogP contribution in [0.5, 0.6) is 0 Å². The number of methoxy groups -OCH3 is 1. The predicted octanol–water partition coefficient (Wildman–Crippen LogP) is 3.50. The van der Waals surface area contributed by atoms with Crippen LogP contribution >= 0.6 is 0 Å². The third-order valence-corrected chi connectivity index (χ3v) is 5.91. The summed E-state index contributed by atoms with van der Waals surface area (Å²) in [5, 5.41) is 6.96. The molecule has 2 aromatic rings. The minimum Gasteiger partial charge on any atom is -0.385 e. The molecule has 0 bridgehead atoms. The number of imidazole rings is 1. The Balaban J connectivity index is 1.59. The average molecular weight is 398 g/mol. The third-order valence-electron chi connectivity index (χ3n) is 5.91. The molecule has 6 heteroatoms. The van der Waals surface area contributed by atoms with E-state index < -0.39 is 0 Å². The van der Waals surface area contributed by atoms with E-state index in [1.54, 1.807) is 7.11 Å². The highest BCUT2D eigenvalue weighted by molar-refractivity contribution is 5.79. The molecule has 158 valence electrons. The summed E-state index contributed by atoms with van der Waals surface area (Å²) in [5.74, 6) is 1.93. The SMILES string of the molecule is CCNC(=NCc1cccc(Cn2ccnc2C)c1)NCC1(CCOC)CCC1. The minimum absolute atomic E-state index is 0.370. The van der Waals surface area contributed by atoms with Crippen LogP contribution in [0.25, 0.3) is 0 Å². The van der Waals surface area contributed by atoms with Crippen LogP contribution in [0.3, 0.4) is 0 Å². The lowest BCUT2D eigenvalue weighted by molar-refractivity contribution is 0.0732. The Morgan fingerprint density at radius 2 is 2.10 bits per heavy atom. The van der Waals surface area contributed by atoms with Gasteiger partial charge in [-0.1, -0.05) is 30.7 Å². The highest BCUT2D eigenvalue weighted by Gasteiger charge is 2.36. The fourth-order valence-corrected chi connectivity index (χ4v) is 3.89. The first-order chi connectivity index (χ1) is 14.1. The van der Waals surface area contributed by atoms with Crippen molar-refractivity contribution in [2.45, 2.75) is 52.6 Å². The summed E-state index contributed by atoms with van der Waals surface area (Å²) in [7, 11) is 1.79. The van der Waals surface area contributed by atoms with E-state index in [0.29, 0.717) is 12.0 Å². The molecule has 29 heavy (non-hydrogen) atoms. The Labute approximate surface area is 174 Å². The van der Waals surface area contributed by atoms with E-state index in [1.165, 1.54) is 30.4 Å². The van der Waals surface area contributed by atoms with E-state index in [9.17, 15) is 0 Å². The van der Waals surface area contributed by atoms with Crippen LogP contribution in [0.1, 0.15) is 49.6 Å². The van der Waals surface area contributed by atoms with Crippen LogP contribution in [-0.2, 0) is 17.8 Å². The molecule has 0 amide bonds. The van der Waals surface area contributed by atoms with Gasteiger partial charge in [-0.2, -0.15) is 0 Å². The van der Waals surface area contributed by atoms with E-state index in [-0.39, 0.29) is 0 Å². The molecule has 3 rings (SSSR count). The van der Waals surface area contributed by atoms with Gasteiger partial charge in [-0.3, -0.25) is 0 Å². The summed E-state index contributed by atoms with van der Waals surface area (Å²) < 4.78 is 7.47. The number of guanidine groups is 1. The van der Waals surface area contributed by atoms with Crippen molar-refractivity contribution >= 4 is 5.96 Å². The van der Waals surface area contributed by atoms with Crippen LogP contribution in [0.2, 0.25) is 0 Å². The summed E-state index contributed by atoms with van der Waals surface area (Å²) in [5.41, 5.74) is 2.86. The van der Waals surface area contributed by atoms with Crippen molar-refractivity contribution in [2.24, 2.45) is 10.4 Å². The van der Waals surface area contributed by atoms with E-state index >= 15 is 0 Å². The van der Waals surface area contributed by atoms with E-state index in [1.807, 2.05) is 19.3 Å². The number of benzene rings is 1. The Hall–Kier alpha value is -2.34. The maximum atomic E-state index is 5.31. The summed E-state index contributed by atoms with van der Waals surface area (Å²) in [6.07, 6.45) is 8.86. The molecule has 6 nitrogen and oxygen atoms in total. The quantitative estimate of drug-likeness (QED) is 0.476. The molecular formula is C23H35N5O. The van der Waals surface area contributed by atoms with Crippen LogP contribution in [0.15, 0.2) is 41.7 Å². The van der Waals surface area contributed by atoms with Gasteiger partial charge in [-0.15, -0.1) is 0 Å². The van der Waals surface area contributed by atoms with Gasteiger partial charge in [0.2, 0.25) is 0 Å². The molecule has 1 saturated carbocycles. The Morgan fingerprint density at radius 3 is 2.76 bits per heavy atom. The number of aliphatic imine (C=N–C) groups is 1. The summed E-state index contributed by atoms with van der Waals surface area (Å²) in [4.78, 5) is 9.13. The molecule has 2 N–H and O–H groups in total. The number of hydrogen-bond acceptors (Lipinski definition) is 3. The van der Waals surface area contributed by atoms with Gasteiger partial charge in [-0.25, -0.2) is 9.98 Å². The molecule has 1 fully saturated rings. The molecule has 1 aliphatic carbocycles. The molecular weight excluding hydrogens is 362 g/mol. The fraction of sp³-hybridized carbons (Fsp3) is 0.565. The fourth-order valence-electron chi connectivity index (χ4n) is 3.89. The molecule has 0 spiro atoms. The summed E-state index contributed by atoms with van der Waals surface area (Å²) in [6, 6.07) is 8.65. The van der Waals surface area contributed by atoms with E-state index in [4.69, 9.17) is 9.73 Å². The number of nitrogens with one attached hydrogen (secondary N) is 2. The predicted molar refractivity (Wildman–Crippen MR) is 118 cm³/mol. The zero-order valence-electron chi connectivity index (χ0n) is 18.1. The van der Waals surface area contributed by atoms with Gasteiger partial charge in [-0.05, 0) is 49.7 Å². The molecule has 1 heterocycles. The number of ether oxygens (including phenoxy) is 1. The van der Waals surface area contributed by atoms with E-state index in [2.05, 4.69) is 51.4 Å². The molecule has 0 aliphatic heterocycles. The van der Waals surface area contributed by atoms with Crippen LogP contribution in [0, 0.1) is 12.3 Å². The standard InChI is InChI=1S/C23H35N5O/c1-4-24-22(27-18-23(9-6-10-23)11-14-29-3)26-16-20-7-5-8-21(15-20)17-28-13-12-25-19(28)2/h5,7-8,12-13,15H,4,6,9-11,14,16-18H2,1-3H3,(H2,24,26,27). The highest BCUT2D eigenvalue weighted by atomic mass is 16.5. The van der Waals surface area contributed by atoms with E-state index in [0.717, 1.165) is 44.4 Å². The van der Waals surface area contributed by atoms with Crippen molar-refractivity contribution in [1.82, 2.24) is 20.2 Å². The monoisotopic (exact) mass is 397 g/mol. The largest absolute Gasteiger partial charge is 0.385 e. The highest BCUT2D eigenvalue weighted by Crippen LogP contribution is 2.43. The topological polar surface area (TPSA) is 63.5 Å². The number of nitrogens with zero attached hydrogens (tertiary/aromatic N) is 3. The number of aromatic nitrogens is 2. The molecule has 0 radical (unpaired) electrons. The van der Waals surface area contributed by atoms with Crippen molar-refractivity contribution < 1.29 is 4.74 Å². The van der Waals surface area contributed by atoms with Crippen molar-refractivity contribution in [1.29, 1.82) is 0 Å². The van der Waals surface area contributed by atoms with Crippen molar-refractivity contribution in [3.05, 3.63) is 53.6 Å². The van der Waals surface area contributed by atoms with Gasteiger partial charge in [0, 0.05) is 45.7 Å². The van der Waals surface area contributed by atoms with Crippen molar-refractivity contribution in [2.75, 3.05) is 26.8 Å². The molecule has 1 aliphatic rings. The average Bonchev–Trinajstić information content (AvgIpc) is 3.09. The molecule has 1 aromatic heterocycles. The van der Waals surface area contributed by atoms with Gasteiger partial charge in [0.1, 0.15) is 5.82 Å². The Kier molecular flexibility index (Phi) is 7.69. The van der Waals surface area contributed by atoms with Crippen molar-refractivity contribution in [3.63, 3.8) is 0 Å². The second-order valence-electron chi connectivity index (χ2n) is 8.07. The zero-order chi connectivity index (χ0) is 20.5. The van der Waals surface area contributed by atoms with Gasteiger partial charge >= 0.3 is 0 Å². The third kappa shape index (κ3) is 6.07. The van der Waals surface area contributed by atoms with Gasteiger partial charge in [0.15, 0.2) is 5.96 Å². The molecule has 1 aromatic carbocycles.